The summed E-state index contributed by atoms with van der Waals surface area (Å²) in [6, 6.07) is 10.8. The number of aryl methyl sites for hydroxylation is 1. The molecule has 0 spiro atoms. The molecular formula is C19H25Cl2N5S. The molecule has 1 aliphatic rings. The Kier molecular flexibility index (Phi) is 8.26. The monoisotopic (exact) mass is 425 g/mol. The van der Waals surface area contributed by atoms with E-state index in [0.29, 0.717) is 6.04 Å². The van der Waals surface area contributed by atoms with E-state index in [-0.39, 0.29) is 24.8 Å². The summed E-state index contributed by atoms with van der Waals surface area (Å²) < 4.78 is 2.12. The molecule has 8 heteroatoms. The number of nitrogens with zero attached hydrogens (tertiary/aromatic N) is 4. The average Bonchev–Trinajstić information content (AvgIpc) is 3.25. The predicted octanol–water partition coefficient (Wildman–Crippen LogP) is 3.46. The first-order chi connectivity index (χ1) is 12.3. The number of hydrogen-bond acceptors (Lipinski definition) is 5. The third-order valence-corrected chi connectivity index (χ3v) is 5.57. The SMILES string of the molecule is Cl.Cl.Cn1ccnc1C1CNCCN1Cc1csc(Cc2ccccc2)n1. The molecule has 1 unspecified atom stereocenters. The lowest BCUT2D eigenvalue weighted by Gasteiger charge is -2.35. The van der Waals surface area contributed by atoms with Crippen molar-refractivity contribution >= 4 is 36.2 Å². The van der Waals surface area contributed by atoms with Gasteiger partial charge in [-0.25, -0.2) is 9.97 Å². The Bertz CT molecular complexity index is 820. The molecule has 1 atom stereocenters. The maximum Gasteiger partial charge on any atom is 0.127 e. The van der Waals surface area contributed by atoms with Crippen LogP contribution in [0.2, 0.25) is 0 Å². The summed E-state index contributed by atoms with van der Waals surface area (Å²) in [5.74, 6) is 1.12. The van der Waals surface area contributed by atoms with Crippen molar-refractivity contribution in [3.8, 4) is 0 Å². The van der Waals surface area contributed by atoms with Crippen molar-refractivity contribution in [1.29, 1.82) is 0 Å². The summed E-state index contributed by atoms with van der Waals surface area (Å²) in [6.07, 6.45) is 4.81. The predicted molar refractivity (Wildman–Crippen MR) is 115 cm³/mol. The molecule has 5 nitrogen and oxygen atoms in total. The van der Waals surface area contributed by atoms with Gasteiger partial charge in [0, 0.05) is 57.4 Å². The number of imidazole rings is 1. The van der Waals surface area contributed by atoms with E-state index in [1.54, 1.807) is 11.3 Å². The minimum atomic E-state index is 0. The Morgan fingerprint density at radius 3 is 2.78 bits per heavy atom. The van der Waals surface area contributed by atoms with Crippen molar-refractivity contribution < 1.29 is 0 Å². The Morgan fingerprint density at radius 2 is 2.04 bits per heavy atom. The maximum atomic E-state index is 4.87. The van der Waals surface area contributed by atoms with Crippen LogP contribution < -0.4 is 5.32 Å². The number of hydrogen-bond donors (Lipinski definition) is 1. The van der Waals surface area contributed by atoms with Crippen molar-refractivity contribution in [2.24, 2.45) is 7.05 Å². The van der Waals surface area contributed by atoms with Crippen LogP contribution in [0.25, 0.3) is 0 Å². The lowest BCUT2D eigenvalue weighted by atomic mass is 10.1. The van der Waals surface area contributed by atoms with E-state index in [9.17, 15) is 0 Å². The third kappa shape index (κ3) is 5.30. The van der Waals surface area contributed by atoms with Gasteiger partial charge in [-0.15, -0.1) is 36.2 Å². The van der Waals surface area contributed by atoms with Crippen molar-refractivity contribution in [1.82, 2.24) is 24.8 Å². The first kappa shape index (κ1) is 21.9. The van der Waals surface area contributed by atoms with Gasteiger partial charge in [0.15, 0.2) is 0 Å². The zero-order valence-electron chi connectivity index (χ0n) is 15.2. The number of aromatic nitrogens is 3. The van der Waals surface area contributed by atoms with Gasteiger partial charge in [-0.05, 0) is 5.56 Å². The van der Waals surface area contributed by atoms with Crippen LogP contribution in [-0.4, -0.2) is 39.1 Å². The number of piperazine rings is 1. The van der Waals surface area contributed by atoms with Crippen LogP contribution in [0.4, 0.5) is 0 Å². The molecule has 1 aromatic carbocycles. The van der Waals surface area contributed by atoms with Crippen molar-refractivity contribution in [3.05, 3.63) is 70.2 Å². The van der Waals surface area contributed by atoms with E-state index in [1.807, 2.05) is 12.4 Å². The van der Waals surface area contributed by atoms with Gasteiger partial charge in [0.2, 0.25) is 0 Å². The second kappa shape index (κ2) is 10.2. The molecule has 0 aliphatic carbocycles. The van der Waals surface area contributed by atoms with E-state index >= 15 is 0 Å². The molecule has 0 saturated carbocycles. The Labute approximate surface area is 176 Å². The molecular weight excluding hydrogens is 401 g/mol. The number of benzene rings is 1. The molecule has 27 heavy (non-hydrogen) atoms. The van der Waals surface area contributed by atoms with E-state index in [4.69, 9.17) is 4.98 Å². The summed E-state index contributed by atoms with van der Waals surface area (Å²) in [4.78, 5) is 11.9. The molecule has 0 bridgehead atoms. The smallest absolute Gasteiger partial charge is 0.127 e. The van der Waals surface area contributed by atoms with Crippen LogP contribution in [0.5, 0.6) is 0 Å². The maximum absolute atomic E-state index is 4.87. The highest BCUT2D eigenvalue weighted by molar-refractivity contribution is 7.09. The van der Waals surface area contributed by atoms with E-state index in [1.165, 1.54) is 10.6 Å². The number of halogens is 2. The Balaban J connectivity index is 0.00000131. The van der Waals surface area contributed by atoms with Crippen LogP contribution in [-0.2, 0) is 20.0 Å². The number of nitrogens with one attached hydrogen (secondary N) is 1. The fourth-order valence-corrected chi connectivity index (χ4v) is 4.19. The van der Waals surface area contributed by atoms with Crippen LogP contribution in [0.1, 0.15) is 28.1 Å². The standard InChI is InChI=1S/C19H23N5S.2ClH/c1-23-9-8-21-19(23)17-12-20-7-10-24(17)13-16-14-25-18(22-16)11-15-5-3-2-4-6-15;;/h2-6,8-9,14,17,20H,7,10-13H2,1H3;2*1H. The average molecular weight is 426 g/mol. The van der Waals surface area contributed by atoms with Crippen molar-refractivity contribution in [2.45, 2.75) is 19.0 Å². The molecule has 3 heterocycles. The van der Waals surface area contributed by atoms with Crippen molar-refractivity contribution in [3.63, 3.8) is 0 Å². The summed E-state index contributed by atoms with van der Waals surface area (Å²) in [5.41, 5.74) is 2.48. The molecule has 1 aliphatic heterocycles. The first-order valence-electron chi connectivity index (χ1n) is 8.69. The van der Waals surface area contributed by atoms with Crippen LogP contribution >= 0.6 is 36.2 Å². The lowest BCUT2D eigenvalue weighted by Crippen LogP contribution is -2.46. The molecule has 1 N–H and O–H groups in total. The molecule has 1 fully saturated rings. The second-order valence-electron chi connectivity index (χ2n) is 6.48. The Morgan fingerprint density at radius 1 is 1.22 bits per heavy atom. The van der Waals surface area contributed by atoms with Gasteiger partial charge in [0.1, 0.15) is 5.82 Å². The minimum absolute atomic E-state index is 0. The molecule has 2 aromatic heterocycles. The molecule has 4 rings (SSSR count). The van der Waals surface area contributed by atoms with Gasteiger partial charge in [-0.1, -0.05) is 30.3 Å². The Hall–Kier alpha value is -1.44. The molecule has 1 saturated heterocycles. The summed E-state index contributed by atoms with van der Waals surface area (Å²) in [6.45, 7) is 3.85. The van der Waals surface area contributed by atoms with Gasteiger partial charge in [-0.3, -0.25) is 4.90 Å². The quantitative estimate of drug-likeness (QED) is 0.679. The van der Waals surface area contributed by atoms with E-state index < -0.39 is 0 Å². The zero-order valence-corrected chi connectivity index (χ0v) is 17.7. The van der Waals surface area contributed by atoms with Crippen LogP contribution in [0, 0.1) is 0 Å². The van der Waals surface area contributed by atoms with Crippen LogP contribution in [0.15, 0.2) is 48.1 Å². The molecule has 0 radical (unpaired) electrons. The van der Waals surface area contributed by atoms with Gasteiger partial charge >= 0.3 is 0 Å². The minimum Gasteiger partial charge on any atom is -0.337 e. The highest BCUT2D eigenvalue weighted by atomic mass is 35.5. The highest BCUT2D eigenvalue weighted by Crippen LogP contribution is 2.24. The normalized spacial score (nSPS) is 17.1. The lowest BCUT2D eigenvalue weighted by molar-refractivity contribution is 0.143. The van der Waals surface area contributed by atoms with E-state index in [0.717, 1.165) is 44.1 Å². The first-order valence-corrected chi connectivity index (χ1v) is 9.57. The highest BCUT2D eigenvalue weighted by Gasteiger charge is 2.27. The molecule has 146 valence electrons. The second-order valence-corrected chi connectivity index (χ2v) is 7.42. The topological polar surface area (TPSA) is 46.0 Å². The van der Waals surface area contributed by atoms with Gasteiger partial charge in [0.05, 0.1) is 16.7 Å². The number of thiazole rings is 1. The van der Waals surface area contributed by atoms with Gasteiger partial charge in [-0.2, -0.15) is 0 Å². The summed E-state index contributed by atoms with van der Waals surface area (Å²) in [7, 11) is 2.07. The summed E-state index contributed by atoms with van der Waals surface area (Å²) in [5, 5.41) is 6.88. The molecule has 0 amide bonds. The fourth-order valence-electron chi connectivity index (χ4n) is 3.37. The van der Waals surface area contributed by atoms with Crippen LogP contribution in [0.3, 0.4) is 0 Å². The molecule has 3 aromatic rings. The van der Waals surface area contributed by atoms with Gasteiger partial charge in [0.25, 0.3) is 0 Å². The van der Waals surface area contributed by atoms with E-state index in [2.05, 4.69) is 62.5 Å². The van der Waals surface area contributed by atoms with Crippen molar-refractivity contribution in [2.75, 3.05) is 19.6 Å². The third-order valence-electron chi connectivity index (χ3n) is 4.67. The summed E-state index contributed by atoms with van der Waals surface area (Å²) >= 11 is 1.76. The zero-order chi connectivity index (χ0) is 17.1. The van der Waals surface area contributed by atoms with Gasteiger partial charge < -0.3 is 9.88 Å². The largest absolute Gasteiger partial charge is 0.337 e. The fraction of sp³-hybridized carbons (Fsp3) is 0.368. The number of rotatable bonds is 5.